The van der Waals surface area contributed by atoms with Crippen molar-refractivity contribution in [1.29, 1.82) is 0 Å². The average molecular weight is 443 g/mol. The smallest absolute Gasteiger partial charge is 0.305 e. The van der Waals surface area contributed by atoms with Crippen LogP contribution in [0.4, 0.5) is 0 Å². The Morgan fingerprint density at radius 1 is 1.06 bits per heavy atom. The minimum atomic E-state index is -0.180. The summed E-state index contributed by atoms with van der Waals surface area (Å²) < 4.78 is 10.8. The third-order valence-electron chi connectivity index (χ3n) is 5.15. The van der Waals surface area contributed by atoms with E-state index >= 15 is 0 Å². The van der Waals surface area contributed by atoms with Gasteiger partial charge in [-0.25, -0.2) is 0 Å². The first-order chi connectivity index (χ1) is 15.4. The molecule has 0 aliphatic carbocycles. The fourth-order valence-electron chi connectivity index (χ4n) is 3.68. The fraction of sp³-hybridized carbons (Fsp3) is 0.538. The van der Waals surface area contributed by atoms with E-state index in [1.54, 1.807) is 0 Å². The van der Waals surface area contributed by atoms with Crippen LogP contribution >= 0.6 is 0 Å². The molecule has 1 aromatic heterocycles. The molecule has 1 aromatic carbocycles. The van der Waals surface area contributed by atoms with E-state index in [9.17, 15) is 9.59 Å². The van der Waals surface area contributed by atoms with Gasteiger partial charge < -0.3 is 14.1 Å². The first-order valence-electron chi connectivity index (χ1n) is 11.6. The van der Waals surface area contributed by atoms with Crippen molar-refractivity contribution in [3.8, 4) is 0 Å². The zero-order valence-electron chi connectivity index (χ0n) is 20.0. The van der Waals surface area contributed by atoms with Crippen molar-refractivity contribution in [2.75, 3.05) is 32.8 Å². The predicted octanol–water partition coefficient (Wildman–Crippen LogP) is 4.46. The SMILES string of the molecule is CCOC(=O)CCCN(CC(=O)N(CCc1ccccc1)Cc1ccc(C)o1)CC(C)C. The minimum absolute atomic E-state index is 0.0757. The molecule has 0 saturated carbocycles. The number of ether oxygens (including phenoxy) is 1. The Balaban J connectivity index is 2.01. The molecule has 0 spiro atoms. The molecule has 0 bridgehead atoms. The topological polar surface area (TPSA) is 63.0 Å². The largest absolute Gasteiger partial charge is 0.466 e. The molecule has 0 aliphatic heterocycles. The molecule has 0 saturated heterocycles. The maximum absolute atomic E-state index is 13.3. The first-order valence-corrected chi connectivity index (χ1v) is 11.6. The van der Waals surface area contributed by atoms with Gasteiger partial charge in [0.15, 0.2) is 0 Å². The van der Waals surface area contributed by atoms with Crippen LogP contribution in [0.15, 0.2) is 46.9 Å². The van der Waals surface area contributed by atoms with E-state index in [0.29, 0.717) is 51.5 Å². The van der Waals surface area contributed by atoms with Crippen LogP contribution in [0.5, 0.6) is 0 Å². The summed E-state index contributed by atoms with van der Waals surface area (Å²) in [5.74, 6) is 1.96. The van der Waals surface area contributed by atoms with Crippen molar-refractivity contribution < 1.29 is 18.7 Å². The third-order valence-corrected chi connectivity index (χ3v) is 5.15. The Labute approximate surface area is 192 Å². The van der Waals surface area contributed by atoms with Crippen LogP contribution in [-0.2, 0) is 27.3 Å². The summed E-state index contributed by atoms with van der Waals surface area (Å²) in [4.78, 5) is 29.0. The van der Waals surface area contributed by atoms with E-state index < -0.39 is 0 Å². The zero-order chi connectivity index (χ0) is 23.3. The highest BCUT2D eigenvalue weighted by atomic mass is 16.5. The molecular weight excluding hydrogens is 404 g/mol. The number of rotatable bonds is 14. The second kappa shape index (κ2) is 13.7. The lowest BCUT2D eigenvalue weighted by Crippen LogP contribution is -2.42. The second-order valence-corrected chi connectivity index (χ2v) is 8.60. The van der Waals surface area contributed by atoms with Gasteiger partial charge >= 0.3 is 5.97 Å². The highest BCUT2D eigenvalue weighted by Gasteiger charge is 2.20. The van der Waals surface area contributed by atoms with Crippen molar-refractivity contribution in [3.63, 3.8) is 0 Å². The summed E-state index contributed by atoms with van der Waals surface area (Å²) in [6.45, 7) is 11.3. The molecule has 0 radical (unpaired) electrons. The van der Waals surface area contributed by atoms with Crippen LogP contribution in [0.1, 0.15) is 50.7 Å². The van der Waals surface area contributed by atoms with E-state index in [1.165, 1.54) is 5.56 Å². The number of benzene rings is 1. The Bertz CT molecular complexity index is 816. The number of esters is 1. The standard InChI is InChI=1S/C26H38N2O4/c1-5-31-26(30)12-9-16-27(18-21(2)3)20-25(29)28(19-24-14-13-22(4)32-24)17-15-23-10-7-6-8-11-23/h6-8,10-11,13-14,21H,5,9,12,15-20H2,1-4H3. The zero-order valence-corrected chi connectivity index (χ0v) is 20.0. The van der Waals surface area contributed by atoms with Crippen LogP contribution in [0.25, 0.3) is 0 Å². The van der Waals surface area contributed by atoms with Crippen molar-refractivity contribution in [3.05, 3.63) is 59.5 Å². The van der Waals surface area contributed by atoms with Gasteiger partial charge in [0.1, 0.15) is 11.5 Å². The second-order valence-electron chi connectivity index (χ2n) is 8.60. The Kier molecular flexibility index (Phi) is 11.0. The van der Waals surface area contributed by atoms with Crippen molar-refractivity contribution in [1.82, 2.24) is 9.80 Å². The summed E-state index contributed by atoms with van der Waals surface area (Å²) in [5.41, 5.74) is 1.20. The predicted molar refractivity (Wildman–Crippen MR) is 126 cm³/mol. The number of carbonyl (C=O) groups excluding carboxylic acids is 2. The lowest BCUT2D eigenvalue weighted by atomic mass is 10.1. The Hall–Kier alpha value is -2.60. The maximum Gasteiger partial charge on any atom is 0.305 e. The molecule has 1 amide bonds. The van der Waals surface area contributed by atoms with Crippen LogP contribution in [0.2, 0.25) is 0 Å². The maximum atomic E-state index is 13.3. The molecule has 6 heteroatoms. The third kappa shape index (κ3) is 9.69. The number of hydrogen-bond donors (Lipinski definition) is 0. The molecular formula is C26H38N2O4. The van der Waals surface area contributed by atoms with Gasteiger partial charge in [0.05, 0.1) is 19.7 Å². The lowest BCUT2D eigenvalue weighted by molar-refractivity contribution is -0.143. The van der Waals surface area contributed by atoms with Gasteiger partial charge in [0.25, 0.3) is 0 Å². The van der Waals surface area contributed by atoms with Crippen LogP contribution in [-0.4, -0.2) is 54.5 Å². The van der Waals surface area contributed by atoms with Gasteiger partial charge in [-0.15, -0.1) is 0 Å². The summed E-state index contributed by atoms with van der Waals surface area (Å²) in [5, 5.41) is 0. The van der Waals surface area contributed by atoms with Gasteiger partial charge in [-0.05, 0) is 56.8 Å². The molecule has 2 rings (SSSR count). The Morgan fingerprint density at radius 3 is 2.44 bits per heavy atom. The van der Waals surface area contributed by atoms with E-state index in [2.05, 4.69) is 30.9 Å². The quantitative estimate of drug-likeness (QED) is 0.404. The number of carbonyl (C=O) groups is 2. The van der Waals surface area contributed by atoms with Crippen molar-refractivity contribution in [2.45, 2.75) is 53.5 Å². The molecule has 32 heavy (non-hydrogen) atoms. The highest BCUT2D eigenvalue weighted by Crippen LogP contribution is 2.12. The van der Waals surface area contributed by atoms with E-state index in [-0.39, 0.29) is 11.9 Å². The summed E-state index contributed by atoms with van der Waals surface area (Å²) in [6.07, 6.45) is 1.85. The molecule has 0 unspecified atom stereocenters. The van der Waals surface area contributed by atoms with Gasteiger partial charge in [-0.2, -0.15) is 0 Å². The lowest BCUT2D eigenvalue weighted by Gasteiger charge is -2.28. The highest BCUT2D eigenvalue weighted by molar-refractivity contribution is 5.78. The first kappa shape index (κ1) is 25.7. The van der Waals surface area contributed by atoms with Crippen LogP contribution in [0.3, 0.4) is 0 Å². The van der Waals surface area contributed by atoms with Crippen molar-refractivity contribution in [2.24, 2.45) is 5.92 Å². The molecule has 0 N–H and O–H groups in total. The normalized spacial score (nSPS) is 11.2. The summed E-state index contributed by atoms with van der Waals surface area (Å²) in [7, 11) is 0. The molecule has 1 heterocycles. The molecule has 2 aromatic rings. The molecule has 176 valence electrons. The average Bonchev–Trinajstić information content (AvgIpc) is 3.16. The van der Waals surface area contributed by atoms with Crippen LogP contribution in [0, 0.1) is 12.8 Å². The molecule has 6 nitrogen and oxygen atoms in total. The fourth-order valence-corrected chi connectivity index (χ4v) is 3.68. The van der Waals surface area contributed by atoms with Gasteiger partial charge in [-0.1, -0.05) is 44.2 Å². The Morgan fingerprint density at radius 2 is 1.81 bits per heavy atom. The summed E-state index contributed by atoms with van der Waals surface area (Å²) >= 11 is 0. The van der Waals surface area contributed by atoms with E-state index in [0.717, 1.165) is 24.5 Å². The molecule has 0 fully saturated rings. The number of hydrogen-bond acceptors (Lipinski definition) is 5. The van der Waals surface area contributed by atoms with Gasteiger partial charge in [0.2, 0.25) is 5.91 Å². The van der Waals surface area contributed by atoms with Gasteiger partial charge in [-0.3, -0.25) is 14.5 Å². The molecule has 0 atom stereocenters. The van der Waals surface area contributed by atoms with E-state index in [4.69, 9.17) is 9.15 Å². The number of aryl methyl sites for hydroxylation is 1. The number of nitrogens with zero attached hydrogens (tertiary/aromatic N) is 2. The monoisotopic (exact) mass is 442 g/mol. The molecule has 0 aliphatic rings. The van der Waals surface area contributed by atoms with Gasteiger partial charge in [0, 0.05) is 19.5 Å². The van der Waals surface area contributed by atoms with Crippen molar-refractivity contribution >= 4 is 11.9 Å². The summed E-state index contributed by atoms with van der Waals surface area (Å²) in [6, 6.07) is 14.1. The number of furan rings is 1. The number of amides is 1. The minimum Gasteiger partial charge on any atom is -0.466 e. The van der Waals surface area contributed by atoms with E-state index in [1.807, 2.05) is 49.1 Å². The van der Waals surface area contributed by atoms with Crippen LogP contribution < -0.4 is 0 Å².